The Kier molecular flexibility index (Phi) is 2.85. The molecule has 0 aromatic heterocycles. The quantitative estimate of drug-likeness (QED) is 0.560. The Morgan fingerprint density at radius 2 is 2.18 bits per heavy atom. The first-order valence-electron chi connectivity index (χ1n) is 5.79. The Bertz CT molecular complexity index is 388. The third kappa shape index (κ3) is 1.37. The average molecular weight is 350 g/mol. The summed E-state index contributed by atoms with van der Waals surface area (Å²) < 4.78 is 17.8. The lowest BCUT2D eigenvalue weighted by Gasteiger charge is -2.51. The second-order valence-corrected chi connectivity index (χ2v) is 6.03. The summed E-state index contributed by atoms with van der Waals surface area (Å²) >= 11 is 2.30. The minimum Gasteiger partial charge on any atom is -0.377 e. The van der Waals surface area contributed by atoms with E-state index in [0.717, 1.165) is 13.0 Å². The zero-order valence-corrected chi connectivity index (χ0v) is 12.0. The molecule has 17 heavy (non-hydrogen) atoms. The van der Waals surface area contributed by atoms with Gasteiger partial charge in [0.15, 0.2) is 0 Å². The maximum Gasteiger partial charge on any atom is 0.237 e. The fraction of sp³-hybridized carbons (Fsp3) is 0.750. The number of ketones is 1. The van der Waals surface area contributed by atoms with Crippen LogP contribution in [-0.2, 0) is 19.0 Å². The number of ether oxygens (including phenoxy) is 3. The summed E-state index contributed by atoms with van der Waals surface area (Å²) in [4.78, 5) is 12.5. The normalized spacial score (nSPS) is 42.5. The third-order valence-corrected chi connectivity index (χ3v) is 5.29. The molecule has 94 valence electrons. The van der Waals surface area contributed by atoms with Gasteiger partial charge in [0.25, 0.3) is 0 Å². The molecule has 1 heterocycles. The highest BCUT2D eigenvalue weighted by molar-refractivity contribution is 14.1. The van der Waals surface area contributed by atoms with E-state index in [2.05, 4.69) is 22.6 Å². The first kappa shape index (κ1) is 12.1. The van der Waals surface area contributed by atoms with E-state index < -0.39 is 5.79 Å². The minimum absolute atomic E-state index is 0.0102. The fourth-order valence-corrected chi connectivity index (χ4v) is 4.80. The van der Waals surface area contributed by atoms with Gasteiger partial charge in [-0.2, -0.15) is 0 Å². The Morgan fingerprint density at radius 1 is 1.47 bits per heavy atom. The predicted octanol–water partition coefficient (Wildman–Crippen LogP) is 1.53. The number of rotatable bonds is 2. The number of carbonyl (C=O) groups is 1. The molecule has 0 radical (unpaired) electrons. The second kappa shape index (κ2) is 4.01. The molecule has 1 saturated carbocycles. The predicted molar refractivity (Wildman–Crippen MR) is 68.7 cm³/mol. The van der Waals surface area contributed by atoms with Crippen LogP contribution in [0.4, 0.5) is 0 Å². The lowest BCUT2D eigenvalue weighted by molar-refractivity contribution is -0.250. The molecule has 0 amide bonds. The van der Waals surface area contributed by atoms with E-state index in [-0.39, 0.29) is 23.7 Å². The van der Waals surface area contributed by atoms with Crippen LogP contribution in [0.25, 0.3) is 0 Å². The van der Waals surface area contributed by atoms with Gasteiger partial charge in [-0.1, -0.05) is 6.08 Å². The zero-order valence-electron chi connectivity index (χ0n) is 9.81. The number of hydrogen-bond donors (Lipinski definition) is 0. The third-order valence-electron chi connectivity index (χ3n) is 4.26. The summed E-state index contributed by atoms with van der Waals surface area (Å²) in [6.07, 6.45) is 3.04. The van der Waals surface area contributed by atoms with Gasteiger partial charge >= 0.3 is 0 Å². The molecule has 5 heteroatoms. The van der Waals surface area contributed by atoms with Crippen LogP contribution in [0.15, 0.2) is 9.66 Å². The highest BCUT2D eigenvalue weighted by Crippen LogP contribution is 2.55. The first-order valence-corrected chi connectivity index (χ1v) is 6.87. The SMILES string of the molecule is COC1(OC)C(=O)[C@H]2C=C(I)[C@@H]1[C@@H]1CCO[C@@H]12. The number of Topliss-reactive ketones (excluding diaryl/α,β-unsaturated/α-hetero) is 1. The van der Waals surface area contributed by atoms with E-state index in [1.807, 2.05) is 6.08 Å². The van der Waals surface area contributed by atoms with Crippen LogP contribution in [0.5, 0.6) is 0 Å². The van der Waals surface area contributed by atoms with Crippen molar-refractivity contribution in [3.8, 4) is 0 Å². The van der Waals surface area contributed by atoms with Crippen molar-refractivity contribution < 1.29 is 19.0 Å². The smallest absolute Gasteiger partial charge is 0.237 e. The molecule has 2 fully saturated rings. The molecule has 2 bridgehead atoms. The molecule has 0 N–H and O–H groups in total. The number of methoxy groups -OCH3 is 2. The highest BCUT2D eigenvalue weighted by Gasteiger charge is 2.65. The summed E-state index contributed by atoms with van der Waals surface area (Å²) in [5.41, 5.74) is 0. The molecular weight excluding hydrogens is 335 g/mol. The van der Waals surface area contributed by atoms with Gasteiger partial charge in [-0.05, 0) is 32.6 Å². The van der Waals surface area contributed by atoms with Crippen LogP contribution >= 0.6 is 22.6 Å². The van der Waals surface area contributed by atoms with Crippen LogP contribution in [0, 0.1) is 17.8 Å². The van der Waals surface area contributed by atoms with Crippen LogP contribution in [0.3, 0.4) is 0 Å². The molecule has 4 atom stereocenters. The summed E-state index contributed by atoms with van der Waals surface area (Å²) in [6, 6.07) is 0. The molecular formula is C12H15IO4. The number of carbonyl (C=O) groups excluding carboxylic acids is 1. The van der Waals surface area contributed by atoms with Crippen molar-refractivity contribution in [2.24, 2.45) is 17.8 Å². The highest BCUT2D eigenvalue weighted by atomic mass is 127. The van der Waals surface area contributed by atoms with E-state index in [4.69, 9.17) is 14.2 Å². The Hall–Kier alpha value is 0.0200. The summed E-state index contributed by atoms with van der Waals surface area (Å²) in [6.45, 7) is 0.733. The van der Waals surface area contributed by atoms with Crippen LogP contribution < -0.4 is 0 Å². The molecule has 0 unspecified atom stereocenters. The van der Waals surface area contributed by atoms with Crippen LogP contribution in [0.1, 0.15) is 6.42 Å². The Balaban J connectivity index is 2.12. The van der Waals surface area contributed by atoms with Gasteiger partial charge in [0.1, 0.15) is 0 Å². The van der Waals surface area contributed by atoms with Crippen LogP contribution in [0.2, 0.25) is 0 Å². The van der Waals surface area contributed by atoms with E-state index >= 15 is 0 Å². The second-order valence-electron chi connectivity index (χ2n) is 4.78. The van der Waals surface area contributed by atoms with Crippen molar-refractivity contribution in [3.05, 3.63) is 9.66 Å². The van der Waals surface area contributed by atoms with Gasteiger partial charge in [0.2, 0.25) is 11.6 Å². The lowest BCUT2D eigenvalue weighted by Crippen LogP contribution is -2.64. The van der Waals surface area contributed by atoms with Gasteiger partial charge in [0.05, 0.1) is 17.9 Å². The molecule has 4 rings (SSSR count). The van der Waals surface area contributed by atoms with Crippen molar-refractivity contribution >= 4 is 28.4 Å². The van der Waals surface area contributed by atoms with Gasteiger partial charge in [0, 0.05) is 26.7 Å². The van der Waals surface area contributed by atoms with Crippen molar-refractivity contribution in [3.63, 3.8) is 0 Å². The zero-order chi connectivity index (χ0) is 12.2. The van der Waals surface area contributed by atoms with Gasteiger partial charge in [-0.3, -0.25) is 4.79 Å². The molecule has 0 aromatic carbocycles. The number of hydrogen-bond acceptors (Lipinski definition) is 4. The lowest BCUT2D eigenvalue weighted by atomic mass is 9.63. The molecule has 3 aliphatic carbocycles. The number of fused-ring (bicyclic) bond motifs is 1. The first-order chi connectivity index (χ1) is 8.15. The van der Waals surface area contributed by atoms with Crippen molar-refractivity contribution in [2.75, 3.05) is 20.8 Å². The minimum atomic E-state index is -1.09. The molecule has 4 aliphatic rings. The van der Waals surface area contributed by atoms with Crippen LogP contribution in [-0.4, -0.2) is 38.5 Å². The monoisotopic (exact) mass is 350 g/mol. The summed E-state index contributed by atoms with van der Waals surface area (Å²) in [7, 11) is 3.10. The summed E-state index contributed by atoms with van der Waals surface area (Å²) in [5, 5.41) is 0. The largest absolute Gasteiger partial charge is 0.377 e. The molecule has 0 spiro atoms. The maximum atomic E-state index is 12.5. The number of halogens is 1. The molecule has 1 aliphatic heterocycles. The summed E-state index contributed by atoms with van der Waals surface area (Å²) in [5.74, 6) is -0.960. The average Bonchev–Trinajstić information content (AvgIpc) is 2.81. The molecule has 1 saturated heterocycles. The van der Waals surface area contributed by atoms with Crippen molar-refractivity contribution in [2.45, 2.75) is 18.3 Å². The fourth-order valence-electron chi connectivity index (χ4n) is 3.54. The van der Waals surface area contributed by atoms with Gasteiger partial charge < -0.3 is 14.2 Å². The Labute approximate surface area is 114 Å². The van der Waals surface area contributed by atoms with E-state index in [9.17, 15) is 4.79 Å². The Morgan fingerprint density at radius 3 is 2.82 bits per heavy atom. The molecule has 4 nitrogen and oxygen atoms in total. The standard InChI is InChI=1S/C12H15IO4/c1-15-12(16-2)9-6-3-4-17-10(6)7(11(12)14)5-8(9)13/h5-7,9-10H,3-4H2,1-2H3/t6-,7-,9-,10-/m0/s1. The van der Waals surface area contributed by atoms with Crippen molar-refractivity contribution in [1.29, 1.82) is 0 Å². The molecule has 0 aromatic rings. The van der Waals surface area contributed by atoms with Crippen molar-refractivity contribution in [1.82, 2.24) is 0 Å². The van der Waals surface area contributed by atoms with E-state index in [1.54, 1.807) is 14.2 Å². The maximum absolute atomic E-state index is 12.5. The topological polar surface area (TPSA) is 44.8 Å². The van der Waals surface area contributed by atoms with Gasteiger partial charge in [-0.25, -0.2) is 0 Å². The van der Waals surface area contributed by atoms with E-state index in [0.29, 0.717) is 5.92 Å². The van der Waals surface area contributed by atoms with E-state index in [1.165, 1.54) is 3.58 Å². The van der Waals surface area contributed by atoms with Gasteiger partial charge in [-0.15, -0.1) is 0 Å².